The molecule has 0 saturated carbocycles. The molecule has 0 spiro atoms. The molecule has 226 valence electrons. The third-order valence-electron chi connectivity index (χ3n) is 9.05. The molecule has 7 rings (SSSR count). The lowest BCUT2D eigenvalue weighted by molar-refractivity contribution is 0.0697. The monoisotopic (exact) mass is 594 g/mol. The number of aromatic carboxylic acids is 1. The Bertz CT molecular complexity index is 1940. The summed E-state index contributed by atoms with van der Waals surface area (Å²) >= 11 is 0. The standard InChI is InChI=1S/C39H38N4O2/c1-3-12-36-41-37-26(2)21-30(38-40-33-17-10-11-18-34(33)43(38)24-27-13-6-4-7-14-27)23-35(37)42(36)25-28-19-20-31(32(22-28)39(44)45)29-15-8-5-9-16-29/h4-9,13-17,19-23,34H,3,10-12,18,24-25H2,1-2H3,(H,44,45). The van der Waals surface area contributed by atoms with Crippen LogP contribution in [0.25, 0.3) is 22.2 Å². The van der Waals surface area contributed by atoms with Gasteiger partial charge in [0.15, 0.2) is 0 Å². The van der Waals surface area contributed by atoms with E-state index in [-0.39, 0.29) is 0 Å². The zero-order chi connectivity index (χ0) is 30.9. The molecule has 2 aliphatic rings. The number of imidazole rings is 1. The maximum Gasteiger partial charge on any atom is 0.336 e. The number of allylic oxidation sites excluding steroid dienone is 1. The van der Waals surface area contributed by atoms with Gasteiger partial charge in [-0.15, -0.1) is 0 Å². The summed E-state index contributed by atoms with van der Waals surface area (Å²) < 4.78 is 2.28. The highest BCUT2D eigenvalue weighted by atomic mass is 16.4. The fourth-order valence-corrected chi connectivity index (χ4v) is 6.89. The summed E-state index contributed by atoms with van der Waals surface area (Å²) in [5.74, 6) is 1.11. The van der Waals surface area contributed by atoms with E-state index in [0.29, 0.717) is 18.2 Å². The highest BCUT2D eigenvalue weighted by Crippen LogP contribution is 2.35. The Morgan fingerprint density at radius 1 is 0.911 bits per heavy atom. The normalized spacial score (nSPS) is 16.0. The average Bonchev–Trinajstić information content (AvgIpc) is 3.60. The lowest BCUT2D eigenvalue weighted by atomic mass is 9.97. The van der Waals surface area contributed by atoms with Crippen molar-refractivity contribution in [1.29, 1.82) is 0 Å². The van der Waals surface area contributed by atoms with E-state index in [2.05, 4.69) is 71.9 Å². The zero-order valence-electron chi connectivity index (χ0n) is 25.9. The van der Waals surface area contributed by atoms with E-state index in [9.17, 15) is 9.90 Å². The topological polar surface area (TPSA) is 70.7 Å². The number of hydrogen-bond donors (Lipinski definition) is 1. The summed E-state index contributed by atoms with van der Waals surface area (Å²) in [5, 5.41) is 10.2. The molecule has 0 bridgehead atoms. The fourth-order valence-electron chi connectivity index (χ4n) is 6.89. The number of amidine groups is 1. The predicted octanol–water partition coefficient (Wildman–Crippen LogP) is 8.41. The Kier molecular flexibility index (Phi) is 7.80. The SMILES string of the molecule is CCCc1nc2c(C)cc(C3=NC4=CCCCC4N3Cc3ccccc3)cc2n1Cc1ccc(-c2ccccc2)c(C(=O)O)c1. The first-order valence-electron chi connectivity index (χ1n) is 16.0. The second kappa shape index (κ2) is 12.2. The number of carboxylic acids is 1. The molecule has 5 aromatic rings. The van der Waals surface area contributed by atoms with Gasteiger partial charge in [-0.25, -0.2) is 14.8 Å². The molecular formula is C39H38N4O2. The molecule has 1 unspecified atom stereocenters. The third kappa shape index (κ3) is 5.57. The van der Waals surface area contributed by atoms with Crippen molar-refractivity contribution in [2.45, 2.75) is 65.1 Å². The van der Waals surface area contributed by atoms with Crippen molar-refractivity contribution >= 4 is 22.8 Å². The molecule has 0 fully saturated rings. The third-order valence-corrected chi connectivity index (χ3v) is 9.05. The summed E-state index contributed by atoms with van der Waals surface area (Å²) in [6.07, 6.45) is 7.48. The summed E-state index contributed by atoms with van der Waals surface area (Å²) in [6, 6.07) is 31.0. The highest BCUT2D eigenvalue weighted by molar-refractivity contribution is 6.04. The number of aromatic nitrogens is 2. The van der Waals surface area contributed by atoms with Gasteiger partial charge in [0, 0.05) is 25.1 Å². The minimum atomic E-state index is -0.924. The van der Waals surface area contributed by atoms with Crippen LogP contribution in [0.15, 0.2) is 108 Å². The Morgan fingerprint density at radius 2 is 1.69 bits per heavy atom. The minimum Gasteiger partial charge on any atom is -0.478 e. The number of carbonyl (C=O) groups is 1. The van der Waals surface area contributed by atoms with E-state index >= 15 is 0 Å². The van der Waals surface area contributed by atoms with Gasteiger partial charge in [-0.05, 0) is 78.6 Å². The van der Waals surface area contributed by atoms with E-state index in [4.69, 9.17) is 9.98 Å². The average molecular weight is 595 g/mol. The van der Waals surface area contributed by atoms with E-state index in [1.54, 1.807) is 0 Å². The molecule has 0 radical (unpaired) electrons. The molecule has 2 heterocycles. The maximum absolute atomic E-state index is 12.4. The molecule has 1 aromatic heterocycles. The quantitative estimate of drug-likeness (QED) is 0.186. The Morgan fingerprint density at radius 3 is 2.44 bits per heavy atom. The number of benzene rings is 4. The first-order chi connectivity index (χ1) is 22.0. The first kappa shape index (κ1) is 28.8. The molecule has 1 aliphatic heterocycles. The van der Waals surface area contributed by atoms with E-state index in [1.165, 1.54) is 17.7 Å². The van der Waals surface area contributed by atoms with Gasteiger partial charge in [0.2, 0.25) is 0 Å². The van der Waals surface area contributed by atoms with E-state index in [0.717, 1.165) is 82.7 Å². The van der Waals surface area contributed by atoms with Crippen molar-refractivity contribution in [3.63, 3.8) is 0 Å². The van der Waals surface area contributed by atoms with E-state index < -0.39 is 5.97 Å². The number of aryl methyl sites for hydroxylation is 2. The van der Waals surface area contributed by atoms with E-state index in [1.807, 2.05) is 48.5 Å². The summed E-state index contributed by atoms with van der Waals surface area (Å²) in [4.78, 5) is 25.2. The molecule has 1 atom stereocenters. The lowest BCUT2D eigenvalue weighted by Crippen LogP contribution is -2.36. The molecule has 4 aromatic carbocycles. The fraction of sp³-hybridized carbons (Fsp3) is 0.256. The van der Waals surface area contributed by atoms with Crippen molar-refractivity contribution in [3.8, 4) is 11.1 Å². The lowest BCUT2D eigenvalue weighted by Gasteiger charge is -2.30. The second-order valence-electron chi connectivity index (χ2n) is 12.2. The van der Waals surface area contributed by atoms with Crippen LogP contribution in [0.4, 0.5) is 0 Å². The Labute approximate surface area is 264 Å². The number of aliphatic imine (C=N–C) groups is 1. The van der Waals surface area contributed by atoms with Gasteiger partial charge in [0.1, 0.15) is 11.7 Å². The predicted molar refractivity (Wildman–Crippen MR) is 181 cm³/mol. The van der Waals surface area contributed by atoms with Crippen LogP contribution in [0.2, 0.25) is 0 Å². The molecule has 0 amide bonds. The van der Waals surface area contributed by atoms with Crippen LogP contribution in [0, 0.1) is 6.92 Å². The molecule has 45 heavy (non-hydrogen) atoms. The minimum absolute atomic E-state index is 0.295. The number of rotatable bonds is 9. The zero-order valence-corrected chi connectivity index (χ0v) is 25.9. The van der Waals surface area contributed by atoms with Crippen LogP contribution in [0.5, 0.6) is 0 Å². The molecule has 6 heteroatoms. The van der Waals surface area contributed by atoms with Crippen molar-refractivity contribution in [2.75, 3.05) is 0 Å². The number of fused-ring (bicyclic) bond motifs is 2. The van der Waals surface area contributed by atoms with Crippen LogP contribution < -0.4 is 0 Å². The van der Waals surface area contributed by atoms with Gasteiger partial charge >= 0.3 is 5.97 Å². The summed E-state index contributed by atoms with van der Waals surface area (Å²) in [7, 11) is 0. The van der Waals surface area contributed by atoms with Crippen LogP contribution in [0.3, 0.4) is 0 Å². The van der Waals surface area contributed by atoms with Gasteiger partial charge in [-0.1, -0.05) is 85.8 Å². The molecule has 6 nitrogen and oxygen atoms in total. The maximum atomic E-state index is 12.4. The van der Waals surface area contributed by atoms with Crippen molar-refractivity contribution in [2.24, 2.45) is 4.99 Å². The smallest absolute Gasteiger partial charge is 0.336 e. The molecule has 0 saturated heterocycles. The first-order valence-corrected chi connectivity index (χ1v) is 16.0. The molecule has 1 aliphatic carbocycles. The van der Waals surface area contributed by atoms with Gasteiger partial charge in [0.25, 0.3) is 0 Å². The summed E-state index contributed by atoms with van der Waals surface area (Å²) in [6.45, 7) is 5.66. The van der Waals surface area contributed by atoms with Gasteiger partial charge in [-0.2, -0.15) is 0 Å². The Hall–Kier alpha value is -4.97. The highest BCUT2D eigenvalue weighted by Gasteiger charge is 2.34. The van der Waals surface area contributed by atoms with Crippen molar-refractivity contribution < 1.29 is 9.90 Å². The van der Waals surface area contributed by atoms with Gasteiger partial charge in [0.05, 0.1) is 28.3 Å². The van der Waals surface area contributed by atoms with Crippen LogP contribution in [0.1, 0.15) is 71.0 Å². The van der Waals surface area contributed by atoms with Crippen molar-refractivity contribution in [1.82, 2.24) is 14.5 Å². The number of carboxylic acid groups (broad SMARTS) is 1. The second-order valence-corrected chi connectivity index (χ2v) is 12.2. The van der Waals surface area contributed by atoms with Crippen molar-refractivity contribution in [3.05, 3.63) is 136 Å². The molecular weight excluding hydrogens is 556 g/mol. The van der Waals surface area contributed by atoms with Crippen LogP contribution in [-0.2, 0) is 19.5 Å². The number of nitrogens with zero attached hydrogens (tertiary/aromatic N) is 4. The summed E-state index contributed by atoms with van der Waals surface area (Å²) in [5.41, 5.74) is 9.60. The van der Waals surface area contributed by atoms with Gasteiger partial charge < -0.3 is 14.6 Å². The molecule has 1 N–H and O–H groups in total. The number of hydrogen-bond acceptors (Lipinski definition) is 4. The largest absolute Gasteiger partial charge is 0.478 e. The van der Waals surface area contributed by atoms with Gasteiger partial charge in [-0.3, -0.25) is 0 Å². The Balaban J connectivity index is 1.31. The van der Waals surface area contributed by atoms with Crippen LogP contribution in [-0.4, -0.2) is 37.4 Å². The van der Waals surface area contributed by atoms with Crippen LogP contribution >= 0.6 is 0 Å².